The monoisotopic (exact) mass is 458 g/mol. The molecular formula is C20H19FN6O4S. The van der Waals surface area contributed by atoms with Gasteiger partial charge in [-0.3, -0.25) is 14.2 Å². The number of nitrogens with one attached hydrogen (secondary N) is 1. The molecule has 0 spiro atoms. The number of hydrogen-bond acceptors (Lipinski definition) is 7. The molecule has 32 heavy (non-hydrogen) atoms. The molecule has 0 radical (unpaired) electrons. The van der Waals surface area contributed by atoms with Crippen molar-refractivity contribution in [2.45, 2.75) is 17.9 Å². The Morgan fingerprint density at radius 3 is 2.41 bits per heavy atom. The number of carbonyl (C=O) groups is 1. The lowest BCUT2D eigenvalue weighted by molar-refractivity contribution is 0.0945. The van der Waals surface area contributed by atoms with Crippen LogP contribution in [0.25, 0.3) is 0 Å². The number of hydrogen-bond donors (Lipinski definition) is 2. The van der Waals surface area contributed by atoms with Crippen LogP contribution in [-0.4, -0.2) is 42.2 Å². The zero-order chi connectivity index (χ0) is 22.9. The number of anilines is 2. The third kappa shape index (κ3) is 4.36. The van der Waals surface area contributed by atoms with Crippen LogP contribution in [-0.2, 0) is 23.0 Å². The standard InChI is InChI=1S/C20H19FN6O4S/c21-14-3-5-15(6-4-14)26-11-12-27-19(29)17(24-25-20(26)27)18(28)23-10-9-13-1-7-16(8-2-13)32(22,30)31/h1-8H,9-12H2,(H,23,28)(H2,22,30,31). The molecule has 0 bridgehead atoms. The maximum Gasteiger partial charge on any atom is 0.286 e. The van der Waals surface area contributed by atoms with Gasteiger partial charge >= 0.3 is 0 Å². The van der Waals surface area contributed by atoms with Crippen molar-refractivity contribution < 1.29 is 17.6 Å². The second-order valence-electron chi connectivity index (χ2n) is 7.13. The molecule has 0 unspecified atom stereocenters. The molecule has 0 aliphatic carbocycles. The molecule has 166 valence electrons. The number of nitrogens with two attached hydrogens (primary N) is 1. The van der Waals surface area contributed by atoms with Crippen molar-refractivity contribution in [2.75, 3.05) is 18.0 Å². The maximum absolute atomic E-state index is 13.2. The molecule has 10 nitrogen and oxygen atoms in total. The lowest BCUT2D eigenvalue weighted by Gasteiger charge is -2.16. The molecule has 1 amide bonds. The predicted molar refractivity (Wildman–Crippen MR) is 114 cm³/mol. The molecular weight excluding hydrogens is 439 g/mol. The number of halogens is 1. The summed E-state index contributed by atoms with van der Waals surface area (Å²) in [5.74, 6) is -0.740. The number of fused-ring (bicyclic) bond motifs is 1. The fourth-order valence-electron chi connectivity index (χ4n) is 3.37. The molecule has 1 aliphatic heterocycles. The van der Waals surface area contributed by atoms with Crippen LogP contribution in [0.15, 0.2) is 58.2 Å². The van der Waals surface area contributed by atoms with E-state index in [1.165, 1.54) is 28.8 Å². The highest BCUT2D eigenvalue weighted by Crippen LogP contribution is 2.26. The first kappa shape index (κ1) is 21.6. The van der Waals surface area contributed by atoms with Gasteiger partial charge < -0.3 is 10.2 Å². The van der Waals surface area contributed by atoms with Crippen molar-refractivity contribution in [1.29, 1.82) is 0 Å². The van der Waals surface area contributed by atoms with E-state index in [1.54, 1.807) is 29.2 Å². The highest BCUT2D eigenvalue weighted by molar-refractivity contribution is 7.89. The normalized spacial score (nSPS) is 13.1. The second kappa shape index (κ2) is 8.48. The molecule has 1 aromatic heterocycles. The molecule has 0 saturated carbocycles. The Labute approximate surface area is 182 Å². The van der Waals surface area contributed by atoms with E-state index < -0.39 is 21.5 Å². The minimum Gasteiger partial charge on any atom is -0.350 e. The van der Waals surface area contributed by atoms with Gasteiger partial charge in [0.1, 0.15) is 5.82 Å². The van der Waals surface area contributed by atoms with E-state index >= 15 is 0 Å². The molecule has 0 fully saturated rings. The fraction of sp³-hybridized carbons (Fsp3) is 0.200. The first-order valence-corrected chi connectivity index (χ1v) is 11.2. The summed E-state index contributed by atoms with van der Waals surface area (Å²) in [6.45, 7) is 0.963. The molecule has 2 aromatic carbocycles. The summed E-state index contributed by atoms with van der Waals surface area (Å²) in [4.78, 5) is 26.9. The first-order valence-electron chi connectivity index (χ1n) is 9.64. The summed E-state index contributed by atoms with van der Waals surface area (Å²) in [7, 11) is -3.77. The minimum atomic E-state index is -3.77. The Morgan fingerprint density at radius 1 is 1.06 bits per heavy atom. The molecule has 0 atom stereocenters. The number of rotatable bonds is 6. The number of benzene rings is 2. The van der Waals surface area contributed by atoms with E-state index in [2.05, 4.69) is 15.5 Å². The van der Waals surface area contributed by atoms with Gasteiger partial charge in [-0.2, -0.15) is 0 Å². The summed E-state index contributed by atoms with van der Waals surface area (Å²) in [5, 5.41) is 15.5. The van der Waals surface area contributed by atoms with Crippen LogP contribution in [0.4, 0.5) is 16.0 Å². The van der Waals surface area contributed by atoms with Crippen LogP contribution in [0, 0.1) is 5.82 Å². The van der Waals surface area contributed by atoms with Gasteiger partial charge in [0, 0.05) is 25.3 Å². The zero-order valence-corrected chi connectivity index (χ0v) is 17.5. The summed E-state index contributed by atoms with van der Waals surface area (Å²) < 4.78 is 37.1. The first-order chi connectivity index (χ1) is 15.2. The van der Waals surface area contributed by atoms with Crippen molar-refractivity contribution >= 4 is 27.6 Å². The van der Waals surface area contributed by atoms with E-state index in [-0.39, 0.29) is 28.9 Å². The predicted octanol–water partition coefficient (Wildman–Crippen LogP) is 0.549. The van der Waals surface area contributed by atoms with Gasteiger partial charge in [0.2, 0.25) is 21.7 Å². The number of sulfonamides is 1. The lowest BCUT2D eigenvalue weighted by Crippen LogP contribution is -2.35. The fourth-order valence-corrected chi connectivity index (χ4v) is 3.88. The Kier molecular flexibility index (Phi) is 5.72. The molecule has 4 rings (SSSR count). The van der Waals surface area contributed by atoms with Gasteiger partial charge in [-0.05, 0) is 48.4 Å². The van der Waals surface area contributed by atoms with Gasteiger partial charge in [0.05, 0.1) is 4.90 Å². The van der Waals surface area contributed by atoms with E-state index in [4.69, 9.17) is 5.14 Å². The van der Waals surface area contributed by atoms with Gasteiger partial charge in [-0.25, -0.2) is 17.9 Å². The summed E-state index contributed by atoms with van der Waals surface area (Å²) >= 11 is 0. The Bertz CT molecular complexity index is 1320. The zero-order valence-electron chi connectivity index (χ0n) is 16.7. The highest BCUT2D eigenvalue weighted by Gasteiger charge is 2.27. The molecule has 2 heterocycles. The number of nitrogens with zero attached hydrogens (tertiary/aromatic N) is 4. The van der Waals surface area contributed by atoms with Gasteiger partial charge in [0.25, 0.3) is 11.5 Å². The number of aromatic nitrogens is 3. The molecule has 1 aliphatic rings. The van der Waals surface area contributed by atoms with Crippen LogP contribution < -0.4 is 20.9 Å². The summed E-state index contributed by atoms with van der Waals surface area (Å²) in [6, 6.07) is 11.7. The third-order valence-electron chi connectivity index (χ3n) is 5.02. The molecule has 12 heteroatoms. The average molecular weight is 458 g/mol. The maximum atomic E-state index is 13.2. The van der Waals surface area contributed by atoms with Crippen LogP contribution in [0.3, 0.4) is 0 Å². The van der Waals surface area contributed by atoms with Crippen LogP contribution >= 0.6 is 0 Å². The molecule has 3 N–H and O–H groups in total. The smallest absolute Gasteiger partial charge is 0.286 e. The van der Waals surface area contributed by atoms with E-state index in [0.29, 0.717) is 25.2 Å². The largest absolute Gasteiger partial charge is 0.350 e. The SMILES string of the molecule is NS(=O)(=O)c1ccc(CCNC(=O)c2nnc3n(c2=O)CCN3c2ccc(F)cc2)cc1. The number of primary sulfonamides is 1. The van der Waals surface area contributed by atoms with Crippen LogP contribution in [0.1, 0.15) is 16.1 Å². The van der Waals surface area contributed by atoms with Gasteiger partial charge in [0.15, 0.2) is 0 Å². The molecule has 3 aromatic rings. The quantitative estimate of drug-likeness (QED) is 0.550. The average Bonchev–Trinajstić information content (AvgIpc) is 3.19. The Hall–Kier alpha value is -3.64. The van der Waals surface area contributed by atoms with Crippen molar-refractivity contribution in [3.8, 4) is 0 Å². The number of carbonyl (C=O) groups excluding carboxylic acids is 1. The van der Waals surface area contributed by atoms with Crippen molar-refractivity contribution in [3.05, 3.63) is 76.0 Å². The third-order valence-corrected chi connectivity index (χ3v) is 5.95. The van der Waals surface area contributed by atoms with E-state index in [1.807, 2.05) is 0 Å². The summed E-state index contributed by atoms with van der Waals surface area (Å²) in [5.41, 5.74) is 0.565. The van der Waals surface area contributed by atoms with Crippen molar-refractivity contribution in [2.24, 2.45) is 5.14 Å². The van der Waals surface area contributed by atoms with Gasteiger partial charge in [-0.1, -0.05) is 12.1 Å². The molecule has 0 saturated heterocycles. The van der Waals surface area contributed by atoms with E-state index in [9.17, 15) is 22.4 Å². The summed E-state index contributed by atoms with van der Waals surface area (Å²) in [6.07, 6.45) is 0.411. The topological polar surface area (TPSA) is 140 Å². The van der Waals surface area contributed by atoms with Crippen molar-refractivity contribution in [1.82, 2.24) is 20.1 Å². The highest BCUT2D eigenvalue weighted by atomic mass is 32.2. The van der Waals surface area contributed by atoms with Crippen LogP contribution in [0.5, 0.6) is 0 Å². The Morgan fingerprint density at radius 2 is 1.75 bits per heavy atom. The van der Waals surface area contributed by atoms with E-state index in [0.717, 1.165) is 5.56 Å². The van der Waals surface area contributed by atoms with Crippen LogP contribution in [0.2, 0.25) is 0 Å². The number of amides is 1. The lowest BCUT2D eigenvalue weighted by atomic mass is 10.1. The second-order valence-corrected chi connectivity index (χ2v) is 8.69. The van der Waals surface area contributed by atoms with Crippen molar-refractivity contribution in [3.63, 3.8) is 0 Å². The Balaban J connectivity index is 1.43. The van der Waals surface area contributed by atoms with Gasteiger partial charge in [-0.15, -0.1) is 10.2 Å². The minimum absolute atomic E-state index is 0.00130.